The van der Waals surface area contributed by atoms with Gasteiger partial charge in [0.05, 0.1) is 5.02 Å². The average Bonchev–Trinajstić information content (AvgIpc) is 2.57. The van der Waals surface area contributed by atoms with E-state index in [1.165, 1.54) is 28.6 Å². The van der Waals surface area contributed by atoms with Crippen molar-refractivity contribution in [2.24, 2.45) is 0 Å². The molecule has 0 spiro atoms. The van der Waals surface area contributed by atoms with Gasteiger partial charge in [0.2, 0.25) is 15.9 Å². The predicted octanol–water partition coefficient (Wildman–Crippen LogP) is 2.96. The second kappa shape index (κ2) is 8.16. The van der Waals surface area contributed by atoms with E-state index in [1.54, 1.807) is 17.1 Å². The third kappa shape index (κ3) is 4.39. The first kappa shape index (κ1) is 19.0. The molecular weight excluding hydrogens is 371 g/mol. The molecule has 2 rings (SSSR count). The number of hydrogen-bond acceptors (Lipinski definition) is 3. The smallest absolute Gasteiger partial charge is 0.246 e. The van der Waals surface area contributed by atoms with Crippen molar-refractivity contribution >= 4 is 39.1 Å². The summed E-state index contributed by atoms with van der Waals surface area (Å²) in [6.07, 6.45) is 6.72. The summed E-state index contributed by atoms with van der Waals surface area (Å²) >= 11 is 11.9. The number of amides is 1. The first-order valence-electron chi connectivity index (χ1n) is 7.39. The number of halogens is 2. The summed E-state index contributed by atoms with van der Waals surface area (Å²) in [7, 11) is -3.74. The van der Waals surface area contributed by atoms with Gasteiger partial charge in [-0.05, 0) is 25.1 Å². The number of carbonyl (C=O) groups is 1. The molecular formula is C16H18Cl2N2O3S. The van der Waals surface area contributed by atoms with Crippen molar-refractivity contribution in [3.8, 4) is 0 Å². The van der Waals surface area contributed by atoms with Crippen LogP contribution in [0, 0.1) is 0 Å². The van der Waals surface area contributed by atoms with Crippen LogP contribution < -0.4 is 0 Å². The predicted molar refractivity (Wildman–Crippen MR) is 95.8 cm³/mol. The summed E-state index contributed by atoms with van der Waals surface area (Å²) in [4.78, 5) is 13.6. The van der Waals surface area contributed by atoms with Crippen molar-refractivity contribution in [2.75, 3.05) is 26.2 Å². The number of carbonyl (C=O) groups excluding carboxylic acids is 1. The van der Waals surface area contributed by atoms with Crippen molar-refractivity contribution in [3.05, 3.63) is 52.5 Å². The largest absolute Gasteiger partial charge is 0.337 e. The second-order valence-electron chi connectivity index (χ2n) is 5.19. The number of nitrogens with zero attached hydrogens (tertiary/aromatic N) is 2. The fraction of sp³-hybridized carbons (Fsp3) is 0.312. The SMILES string of the molecule is C/C=C/C=C/C(=O)N1CCN(S(=O)(=O)c2cc(Cl)ccc2Cl)CC1. The lowest BCUT2D eigenvalue weighted by Gasteiger charge is -2.33. The van der Waals surface area contributed by atoms with Crippen molar-refractivity contribution in [3.63, 3.8) is 0 Å². The molecule has 8 heteroatoms. The van der Waals surface area contributed by atoms with Gasteiger partial charge in [0.25, 0.3) is 0 Å². The molecule has 1 aliphatic rings. The van der Waals surface area contributed by atoms with Gasteiger partial charge in [-0.1, -0.05) is 41.4 Å². The zero-order chi connectivity index (χ0) is 17.7. The fourth-order valence-corrected chi connectivity index (χ4v) is 4.48. The maximum absolute atomic E-state index is 12.7. The first-order chi connectivity index (χ1) is 11.4. The van der Waals surface area contributed by atoms with Crippen molar-refractivity contribution in [2.45, 2.75) is 11.8 Å². The Bertz CT molecular complexity index is 768. The Hall–Kier alpha value is -1.34. The first-order valence-corrected chi connectivity index (χ1v) is 9.59. The number of benzene rings is 1. The van der Waals surface area contributed by atoms with Crippen LogP contribution in [0.5, 0.6) is 0 Å². The lowest BCUT2D eigenvalue weighted by atomic mass is 10.3. The number of sulfonamides is 1. The summed E-state index contributed by atoms with van der Waals surface area (Å²) in [5, 5.41) is 0.438. The molecule has 1 saturated heterocycles. The topological polar surface area (TPSA) is 57.7 Å². The second-order valence-corrected chi connectivity index (χ2v) is 7.94. The average molecular weight is 389 g/mol. The zero-order valence-corrected chi connectivity index (χ0v) is 15.5. The third-order valence-corrected chi connectivity index (χ3v) is 6.22. The van der Waals surface area contributed by atoms with E-state index < -0.39 is 10.0 Å². The van der Waals surface area contributed by atoms with Crippen molar-refractivity contribution < 1.29 is 13.2 Å². The standard InChI is InChI=1S/C16H18Cl2N2O3S/c1-2-3-4-5-16(21)19-8-10-20(11-9-19)24(22,23)15-12-13(17)6-7-14(15)18/h2-7,12H,8-11H2,1H3/b3-2+,5-4+. The van der Waals surface area contributed by atoms with Gasteiger partial charge in [0, 0.05) is 37.3 Å². The van der Waals surface area contributed by atoms with Gasteiger partial charge in [0.15, 0.2) is 0 Å². The van der Waals surface area contributed by atoms with Crippen LogP contribution in [0.4, 0.5) is 0 Å². The summed E-state index contributed by atoms with van der Waals surface area (Å²) in [5.41, 5.74) is 0. The zero-order valence-electron chi connectivity index (χ0n) is 13.2. The van der Waals surface area contributed by atoms with Gasteiger partial charge in [-0.15, -0.1) is 0 Å². The molecule has 0 atom stereocenters. The van der Waals surface area contributed by atoms with E-state index in [9.17, 15) is 13.2 Å². The van der Waals surface area contributed by atoms with E-state index >= 15 is 0 Å². The van der Waals surface area contributed by atoms with E-state index in [0.717, 1.165) is 0 Å². The number of allylic oxidation sites excluding steroid dienone is 3. The highest BCUT2D eigenvalue weighted by atomic mass is 35.5. The van der Waals surface area contributed by atoms with E-state index in [4.69, 9.17) is 23.2 Å². The summed E-state index contributed by atoms with van der Waals surface area (Å²) in [6.45, 7) is 2.95. The molecule has 1 aromatic rings. The van der Waals surface area contributed by atoms with Gasteiger partial charge >= 0.3 is 0 Å². The van der Waals surface area contributed by atoms with Crippen LogP contribution in [-0.4, -0.2) is 49.7 Å². The minimum absolute atomic E-state index is 0.00979. The lowest BCUT2D eigenvalue weighted by molar-refractivity contribution is -0.127. The minimum atomic E-state index is -3.74. The molecule has 1 fully saturated rings. The molecule has 1 aliphatic heterocycles. The van der Waals surface area contributed by atoms with Gasteiger partial charge < -0.3 is 4.90 Å². The molecule has 0 N–H and O–H groups in total. The molecule has 0 bridgehead atoms. The van der Waals surface area contributed by atoms with E-state index in [1.807, 2.05) is 13.0 Å². The van der Waals surface area contributed by atoms with E-state index in [-0.39, 0.29) is 28.9 Å². The molecule has 0 aliphatic carbocycles. The quantitative estimate of drug-likeness (QED) is 0.588. The Morgan fingerprint density at radius 1 is 1.12 bits per heavy atom. The molecule has 130 valence electrons. The van der Waals surface area contributed by atoms with Gasteiger partial charge in [-0.25, -0.2) is 8.42 Å². The van der Waals surface area contributed by atoms with Crippen molar-refractivity contribution in [1.82, 2.24) is 9.21 Å². The van der Waals surface area contributed by atoms with E-state index in [0.29, 0.717) is 18.1 Å². The highest BCUT2D eigenvalue weighted by molar-refractivity contribution is 7.89. The number of piperazine rings is 1. The van der Waals surface area contributed by atoms with Crippen LogP contribution in [0.25, 0.3) is 0 Å². The summed E-state index contributed by atoms with van der Waals surface area (Å²) in [5.74, 6) is -0.133. The van der Waals surface area contributed by atoms with Crippen molar-refractivity contribution in [1.29, 1.82) is 0 Å². The lowest BCUT2D eigenvalue weighted by Crippen LogP contribution is -2.50. The molecule has 0 aromatic heterocycles. The van der Waals surface area contributed by atoms with Gasteiger partial charge in [0.1, 0.15) is 4.90 Å². The number of hydrogen-bond donors (Lipinski definition) is 0. The van der Waals surface area contributed by atoms with Crippen LogP contribution in [0.1, 0.15) is 6.92 Å². The van der Waals surface area contributed by atoms with Crippen LogP contribution in [-0.2, 0) is 14.8 Å². The highest BCUT2D eigenvalue weighted by Gasteiger charge is 2.31. The highest BCUT2D eigenvalue weighted by Crippen LogP contribution is 2.28. The number of rotatable bonds is 4. The molecule has 5 nitrogen and oxygen atoms in total. The maximum Gasteiger partial charge on any atom is 0.246 e. The molecule has 1 amide bonds. The Kier molecular flexibility index (Phi) is 6.46. The Morgan fingerprint density at radius 2 is 1.79 bits per heavy atom. The Morgan fingerprint density at radius 3 is 2.42 bits per heavy atom. The van der Waals surface area contributed by atoms with Gasteiger partial charge in [-0.2, -0.15) is 4.31 Å². The molecule has 0 saturated carbocycles. The summed E-state index contributed by atoms with van der Waals surface area (Å²) < 4.78 is 26.7. The minimum Gasteiger partial charge on any atom is -0.337 e. The molecule has 24 heavy (non-hydrogen) atoms. The fourth-order valence-electron chi connectivity index (χ4n) is 2.32. The van der Waals surface area contributed by atoms with E-state index in [2.05, 4.69) is 0 Å². The molecule has 1 heterocycles. The van der Waals surface area contributed by atoms with Crippen LogP contribution in [0.15, 0.2) is 47.4 Å². The van der Waals surface area contributed by atoms with Crippen LogP contribution in [0.2, 0.25) is 10.0 Å². The molecule has 1 aromatic carbocycles. The summed E-state index contributed by atoms with van der Waals surface area (Å²) in [6, 6.07) is 4.34. The maximum atomic E-state index is 12.7. The monoisotopic (exact) mass is 388 g/mol. The molecule has 0 unspecified atom stereocenters. The third-order valence-electron chi connectivity index (χ3n) is 3.60. The molecule has 0 radical (unpaired) electrons. The Balaban J connectivity index is 2.08. The van der Waals surface area contributed by atoms with Gasteiger partial charge in [-0.3, -0.25) is 4.79 Å². The Labute approximate surface area is 152 Å². The van der Waals surface area contributed by atoms with Crippen LogP contribution in [0.3, 0.4) is 0 Å². The van der Waals surface area contributed by atoms with Crippen LogP contribution >= 0.6 is 23.2 Å². The normalized spacial score (nSPS) is 17.0.